The molecule has 0 aliphatic heterocycles. The SMILES string of the molecule is CO[C@H](C(C=O)C(CCNC=O)CC(F)F)C(C)(C)C. The Morgan fingerprint density at radius 3 is 2.20 bits per heavy atom. The summed E-state index contributed by atoms with van der Waals surface area (Å²) in [5.41, 5.74) is -0.335. The predicted octanol–water partition coefficient (Wildman–Crippen LogP) is 2.27. The molecule has 0 aliphatic rings. The van der Waals surface area contributed by atoms with Gasteiger partial charge in [-0.1, -0.05) is 20.8 Å². The van der Waals surface area contributed by atoms with Crippen molar-refractivity contribution in [1.82, 2.24) is 5.32 Å². The van der Waals surface area contributed by atoms with E-state index in [0.717, 1.165) is 0 Å². The van der Waals surface area contributed by atoms with Crippen LogP contribution in [0.5, 0.6) is 0 Å². The van der Waals surface area contributed by atoms with E-state index in [9.17, 15) is 18.4 Å². The maximum atomic E-state index is 12.7. The summed E-state index contributed by atoms with van der Waals surface area (Å²) in [4.78, 5) is 21.6. The number of alkyl halides is 2. The first kappa shape index (κ1) is 19.0. The first-order valence-corrected chi connectivity index (χ1v) is 6.71. The molecule has 0 aromatic carbocycles. The second-order valence-corrected chi connectivity index (χ2v) is 5.98. The highest BCUT2D eigenvalue weighted by Gasteiger charge is 2.37. The number of amides is 1. The molecule has 0 rings (SSSR count). The molecule has 2 unspecified atom stereocenters. The van der Waals surface area contributed by atoms with Crippen molar-refractivity contribution in [2.45, 2.75) is 46.1 Å². The summed E-state index contributed by atoms with van der Waals surface area (Å²) in [5.74, 6) is -1.15. The second kappa shape index (κ2) is 9.00. The van der Waals surface area contributed by atoms with Gasteiger partial charge in [-0.25, -0.2) is 8.78 Å². The van der Waals surface area contributed by atoms with E-state index < -0.39 is 24.4 Å². The molecule has 0 spiro atoms. The van der Waals surface area contributed by atoms with Crippen LogP contribution in [0.3, 0.4) is 0 Å². The van der Waals surface area contributed by atoms with Crippen molar-refractivity contribution < 1.29 is 23.1 Å². The van der Waals surface area contributed by atoms with Gasteiger partial charge in [-0.15, -0.1) is 0 Å². The monoisotopic (exact) mass is 293 g/mol. The number of methoxy groups -OCH3 is 1. The van der Waals surface area contributed by atoms with Crippen LogP contribution in [0.25, 0.3) is 0 Å². The number of halogens is 2. The Morgan fingerprint density at radius 1 is 1.25 bits per heavy atom. The van der Waals surface area contributed by atoms with Gasteiger partial charge in [-0.05, 0) is 17.8 Å². The molecule has 3 atom stereocenters. The van der Waals surface area contributed by atoms with Crippen LogP contribution in [0.4, 0.5) is 8.78 Å². The van der Waals surface area contributed by atoms with Crippen molar-refractivity contribution in [3.8, 4) is 0 Å². The summed E-state index contributed by atoms with van der Waals surface area (Å²) >= 11 is 0. The lowest BCUT2D eigenvalue weighted by atomic mass is 9.74. The zero-order chi connectivity index (χ0) is 15.8. The molecule has 0 heterocycles. The number of carbonyl (C=O) groups excluding carboxylic acids is 2. The lowest BCUT2D eigenvalue weighted by molar-refractivity contribution is -0.124. The molecule has 6 heteroatoms. The van der Waals surface area contributed by atoms with E-state index in [1.165, 1.54) is 7.11 Å². The Morgan fingerprint density at radius 2 is 1.85 bits per heavy atom. The number of rotatable bonds is 10. The Kier molecular flexibility index (Phi) is 8.53. The first-order chi connectivity index (χ1) is 9.27. The van der Waals surface area contributed by atoms with Crippen molar-refractivity contribution >= 4 is 12.7 Å². The lowest BCUT2D eigenvalue weighted by Crippen LogP contribution is -2.41. The van der Waals surface area contributed by atoms with Gasteiger partial charge < -0.3 is 14.8 Å². The van der Waals surface area contributed by atoms with Crippen LogP contribution in [0.1, 0.15) is 33.6 Å². The summed E-state index contributed by atoms with van der Waals surface area (Å²) in [6, 6.07) is 0. The largest absolute Gasteiger partial charge is 0.380 e. The van der Waals surface area contributed by atoms with Gasteiger partial charge in [0.2, 0.25) is 12.8 Å². The number of nitrogens with one attached hydrogen (secondary N) is 1. The van der Waals surface area contributed by atoms with Crippen molar-refractivity contribution in [1.29, 1.82) is 0 Å². The Labute approximate surface area is 119 Å². The van der Waals surface area contributed by atoms with Crippen LogP contribution < -0.4 is 5.32 Å². The van der Waals surface area contributed by atoms with Gasteiger partial charge >= 0.3 is 0 Å². The fourth-order valence-corrected chi connectivity index (χ4v) is 2.54. The Hall–Kier alpha value is -1.04. The lowest BCUT2D eigenvalue weighted by Gasteiger charge is -2.37. The molecule has 118 valence electrons. The molecule has 0 aromatic heterocycles. The van der Waals surface area contributed by atoms with E-state index in [2.05, 4.69) is 5.32 Å². The molecular weight excluding hydrogens is 268 g/mol. The fourth-order valence-electron chi connectivity index (χ4n) is 2.54. The Bertz CT molecular complexity index is 293. The highest BCUT2D eigenvalue weighted by atomic mass is 19.3. The topological polar surface area (TPSA) is 55.4 Å². The minimum Gasteiger partial charge on any atom is -0.380 e. The van der Waals surface area contributed by atoms with Gasteiger partial charge in [0.05, 0.1) is 6.10 Å². The zero-order valence-corrected chi connectivity index (χ0v) is 12.6. The molecule has 0 aliphatic carbocycles. The third-order valence-electron chi connectivity index (χ3n) is 3.38. The van der Waals surface area contributed by atoms with E-state index >= 15 is 0 Å². The van der Waals surface area contributed by atoms with Crippen LogP contribution in [-0.4, -0.2) is 38.9 Å². The van der Waals surface area contributed by atoms with Gasteiger partial charge in [0.15, 0.2) is 0 Å². The van der Waals surface area contributed by atoms with E-state index in [4.69, 9.17) is 4.74 Å². The van der Waals surface area contributed by atoms with Crippen LogP contribution in [-0.2, 0) is 14.3 Å². The maximum Gasteiger partial charge on any atom is 0.238 e. The average molecular weight is 293 g/mol. The van der Waals surface area contributed by atoms with Crippen molar-refractivity contribution in [2.24, 2.45) is 17.3 Å². The van der Waals surface area contributed by atoms with Crippen molar-refractivity contribution in [3.63, 3.8) is 0 Å². The van der Waals surface area contributed by atoms with Crippen LogP contribution in [0, 0.1) is 17.3 Å². The highest BCUT2D eigenvalue weighted by molar-refractivity contribution is 5.55. The summed E-state index contributed by atoms with van der Waals surface area (Å²) in [7, 11) is 1.48. The minimum atomic E-state index is -2.49. The van der Waals surface area contributed by atoms with Crippen molar-refractivity contribution in [2.75, 3.05) is 13.7 Å². The summed E-state index contributed by atoms with van der Waals surface area (Å²) in [6.45, 7) is 5.98. The number of hydrogen-bond donors (Lipinski definition) is 1. The molecule has 1 N–H and O–H groups in total. The number of ether oxygens (including phenoxy) is 1. The van der Waals surface area contributed by atoms with Gasteiger partial charge in [0.1, 0.15) is 6.29 Å². The number of carbonyl (C=O) groups is 2. The average Bonchev–Trinajstić information content (AvgIpc) is 2.32. The molecule has 0 radical (unpaired) electrons. The first-order valence-electron chi connectivity index (χ1n) is 6.71. The molecular formula is C14H25F2NO3. The summed E-state index contributed by atoms with van der Waals surface area (Å²) in [6.07, 6.45) is -1.76. The van der Waals surface area contributed by atoms with E-state index in [1.54, 1.807) is 0 Å². The molecule has 0 aromatic rings. The third kappa shape index (κ3) is 6.41. The fraction of sp³-hybridized carbons (Fsp3) is 0.857. The molecule has 0 saturated heterocycles. The molecule has 0 fully saturated rings. The van der Waals surface area contributed by atoms with E-state index in [1.807, 2.05) is 20.8 Å². The summed E-state index contributed by atoms with van der Waals surface area (Å²) in [5, 5.41) is 2.44. The third-order valence-corrected chi connectivity index (χ3v) is 3.38. The van der Waals surface area contributed by atoms with E-state index in [-0.39, 0.29) is 18.4 Å². The Balaban J connectivity index is 5.03. The van der Waals surface area contributed by atoms with Gasteiger partial charge in [0.25, 0.3) is 0 Å². The van der Waals surface area contributed by atoms with Crippen LogP contribution in [0.2, 0.25) is 0 Å². The van der Waals surface area contributed by atoms with Crippen LogP contribution >= 0.6 is 0 Å². The standard InChI is InChI=1S/C14H25F2NO3/c1-14(2,3)13(20-4)11(8-18)10(7-12(15)16)5-6-17-9-19/h8-13H,5-7H2,1-4H3,(H,17,19)/t10?,11?,13-/m1/s1. The smallest absolute Gasteiger partial charge is 0.238 e. The maximum absolute atomic E-state index is 12.7. The highest BCUT2D eigenvalue weighted by Crippen LogP contribution is 2.34. The predicted molar refractivity (Wildman–Crippen MR) is 72.6 cm³/mol. The molecule has 20 heavy (non-hydrogen) atoms. The number of hydrogen-bond acceptors (Lipinski definition) is 3. The summed E-state index contributed by atoms with van der Waals surface area (Å²) < 4.78 is 30.8. The number of aldehydes is 1. The zero-order valence-electron chi connectivity index (χ0n) is 12.6. The van der Waals surface area contributed by atoms with Crippen LogP contribution in [0.15, 0.2) is 0 Å². The normalized spacial score (nSPS) is 16.6. The quantitative estimate of drug-likeness (QED) is 0.496. The second-order valence-electron chi connectivity index (χ2n) is 5.98. The van der Waals surface area contributed by atoms with E-state index in [0.29, 0.717) is 19.1 Å². The molecule has 4 nitrogen and oxygen atoms in total. The van der Waals surface area contributed by atoms with Gasteiger partial charge in [-0.2, -0.15) is 0 Å². The van der Waals surface area contributed by atoms with Gasteiger partial charge in [-0.3, -0.25) is 4.79 Å². The molecule has 0 saturated carbocycles. The van der Waals surface area contributed by atoms with Gasteiger partial charge in [0, 0.05) is 26.0 Å². The molecule has 1 amide bonds. The minimum absolute atomic E-state index is 0.270. The van der Waals surface area contributed by atoms with Crippen molar-refractivity contribution in [3.05, 3.63) is 0 Å². The molecule has 0 bridgehead atoms.